The van der Waals surface area contributed by atoms with Gasteiger partial charge in [0.25, 0.3) is 5.91 Å². The molecule has 4 rings (SSSR count). The topological polar surface area (TPSA) is 84.7 Å². The minimum absolute atomic E-state index is 0.0432. The molecular weight excluding hydrogens is 298 g/mol. The smallest absolute Gasteiger partial charge is 0.292 e. The maximum atomic E-state index is 12.1. The average Bonchev–Trinajstić information content (AvgIpc) is 3.10. The van der Waals surface area contributed by atoms with Crippen LogP contribution in [0.4, 0.5) is 0 Å². The van der Waals surface area contributed by atoms with E-state index in [1.54, 1.807) is 11.0 Å². The molecule has 1 aromatic heterocycles. The number of ether oxygens (including phenoxy) is 1. The number of amides is 2. The van der Waals surface area contributed by atoms with Gasteiger partial charge < -0.3 is 19.5 Å². The number of hydrogen-bond acceptors (Lipinski definition) is 5. The molecule has 3 aliphatic rings. The molecule has 1 N–H and O–H groups in total. The first kappa shape index (κ1) is 14.7. The van der Waals surface area contributed by atoms with E-state index < -0.39 is 0 Å². The van der Waals surface area contributed by atoms with Crippen LogP contribution in [0.5, 0.6) is 0 Å². The summed E-state index contributed by atoms with van der Waals surface area (Å²) in [6.07, 6.45) is 5.61. The maximum Gasteiger partial charge on any atom is 0.292 e. The fourth-order valence-corrected chi connectivity index (χ4v) is 3.67. The van der Waals surface area contributed by atoms with Crippen LogP contribution in [0, 0.1) is 11.3 Å². The van der Waals surface area contributed by atoms with Gasteiger partial charge in [-0.1, -0.05) is 11.6 Å². The summed E-state index contributed by atoms with van der Waals surface area (Å²) in [6, 6.07) is 1.58. The molecule has 2 aliphatic heterocycles. The molecule has 0 unspecified atom stereocenters. The molecule has 1 aromatic rings. The van der Waals surface area contributed by atoms with E-state index in [4.69, 9.17) is 9.26 Å². The van der Waals surface area contributed by atoms with Crippen LogP contribution in [-0.2, 0) is 9.53 Å². The summed E-state index contributed by atoms with van der Waals surface area (Å²) in [7, 11) is 0. The number of carbonyl (C=O) groups is 2. The summed E-state index contributed by atoms with van der Waals surface area (Å²) in [6.45, 7) is 2.59. The minimum Gasteiger partial charge on any atom is -0.376 e. The Kier molecular flexibility index (Phi) is 3.60. The highest BCUT2D eigenvalue weighted by molar-refractivity contribution is 5.92. The van der Waals surface area contributed by atoms with Crippen molar-refractivity contribution in [3.8, 4) is 0 Å². The standard InChI is InChI=1S/C16H21N3O4/c20-14(11-2-1-3-11)17-7-12-6-16(10-22-12)8-19(9-16)15(21)13-4-5-18-23-13/h4-5,11-12H,1-3,6-10H2,(H,17,20)/t12-/m1/s1. The summed E-state index contributed by atoms with van der Waals surface area (Å²) < 4.78 is 10.7. The van der Waals surface area contributed by atoms with E-state index in [1.165, 1.54) is 6.20 Å². The Labute approximate surface area is 134 Å². The minimum atomic E-state index is -0.116. The molecule has 23 heavy (non-hydrogen) atoms. The zero-order valence-electron chi connectivity index (χ0n) is 13.0. The van der Waals surface area contributed by atoms with Crippen LogP contribution >= 0.6 is 0 Å². The molecule has 0 bridgehead atoms. The molecule has 0 aromatic carbocycles. The van der Waals surface area contributed by atoms with Gasteiger partial charge in [0.2, 0.25) is 11.7 Å². The van der Waals surface area contributed by atoms with Crippen molar-refractivity contribution in [2.45, 2.75) is 31.8 Å². The lowest BCUT2D eigenvalue weighted by Crippen LogP contribution is -2.59. The van der Waals surface area contributed by atoms with Gasteiger partial charge in [-0.15, -0.1) is 0 Å². The van der Waals surface area contributed by atoms with E-state index in [0.717, 1.165) is 25.7 Å². The molecule has 0 radical (unpaired) electrons. The van der Waals surface area contributed by atoms with E-state index in [0.29, 0.717) is 26.2 Å². The first-order chi connectivity index (χ1) is 11.2. The van der Waals surface area contributed by atoms with Crippen molar-refractivity contribution in [2.75, 3.05) is 26.2 Å². The fraction of sp³-hybridized carbons (Fsp3) is 0.688. The number of carbonyl (C=O) groups excluding carboxylic acids is 2. The Bertz CT molecular complexity index is 590. The van der Waals surface area contributed by atoms with Gasteiger partial charge in [0.15, 0.2) is 0 Å². The molecule has 7 nitrogen and oxygen atoms in total. The number of nitrogens with one attached hydrogen (secondary N) is 1. The Balaban J connectivity index is 1.23. The van der Waals surface area contributed by atoms with Crippen molar-refractivity contribution in [1.29, 1.82) is 0 Å². The van der Waals surface area contributed by atoms with Gasteiger partial charge in [-0.2, -0.15) is 0 Å². The van der Waals surface area contributed by atoms with Crippen LogP contribution in [-0.4, -0.2) is 54.2 Å². The zero-order chi connectivity index (χ0) is 15.9. The first-order valence-electron chi connectivity index (χ1n) is 8.25. The normalized spacial score (nSPS) is 25.9. The second-order valence-corrected chi connectivity index (χ2v) is 7.05. The number of aromatic nitrogens is 1. The molecule has 7 heteroatoms. The van der Waals surface area contributed by atoms with Gasteiger partial charge in [0, 0.05) is 37.0 Å². The van der Waals surface area contributed by atoms with E-state index in [9.17, 15) is 9.59 Å². The van der Waals surface area contributed by atoms with Crippen molar-refractivity contribution in [3.05, 3.63) is 18.0 Å². The highest BCUT2D eigenvalue weighted by Gasteiger charge is 2.51. The Morgan fingerprint density at radius 3 is 2.87 bits per heavy atom. The molecule has 2 amide bonds. The summed E-state index contributed by atoms with van der Waals surface area (Å²) in [5, 5.41) is 6.57. The first-order valence-corrected chi connectivity index (χ1v) is 8.25. The summed E-state index contributed by atoms with van der Waals surface area (Å²) in [4.78, 5) is 25.8. The average molecular weight is 319 g/mol. The van der Waals surface area contributed by atoms with Crippen molar-refractivity contribution in [1.82, 2.24) is 15.4 Å². The summed E-state index contributed by atoms with van der Waals surface area (Å²) >= 11 is 0. The van der Waals surface area contributed by atoms with Gasteiger partial charge >= 0.3 is 0 Å². The number of nitrogens with zero attached hydrogens (tertiary/aromatic N) is 2. The molecule has 2 saturated heterocycles. The molecular formula is C16H21N3O4. The highest BCUT2D eigenvalue weighted by Crippen LogP contribution is 2.41. The quantitative estimate of drug-likeness (QED) is 0.888. The predicted octanol–water partition coefficient (Wildman–Crippen LogP) is 0.822. The van der Waals surface area contributed by atoms with Crippen molar-refractivity contribution < 1.29 is 18.8 Å². The number of hydrogen-bond donors (Lipinski definition) is 1. The van der Waals surface area contributed by atoms with Crippen LogP contribution in [0.1, 0.15) is 36.2 Å². The van der Waals surface area contributed by atoms with Crippen LogP contribution < -0.4 is 5.32 Å². The Morgan fingerprint density at radius 1 is 1.39 bits per heavy atom. The summed E-state index contributed by atoms with van der Waals surface area (Å²) in [5.41, 5.74) is 0.0432. The maximum absolute atomic E-state index is 12.1. The van der Waals surface area contributed by atoms with Gasteiger partial charge in [-0.25, -0.2) is 0 Å². The second kappa shape index (κ2) is 5.63. The van der Waals surface area contributed by atoms with Crippen LogP contribution in [0.3, 0.4) is 0 Å². The molecule has 1 spiro atoms. The van der Waals surface area contributed by atoms with Gasteiger partial charge in [0.05, 0.1) is 18.9 Å². The van der Waals surface area contributed by atoms with E-state index in [-0.39, 0.29) is 35.0 Å². The van der Waals surface area contributed by atoms with E-state index in [1.807, 2.05) is 0 Å². The van der Waals surface area contributed by atoms with Crippen molar-refractivity contribution >= 4 is 11.8 Å². The highest BCUT2D eigenvalue weighted by atomic mass is 16.5. The van der Waals surface area contributed by atoms with Crippen molar-refractivity contribution in [3.63, 3.8) is 0 Å². The van der Waals surface area contributed by atoms with Gasteiger partial charge in [0.1, 0.15) is 0 Å². The van der Waals surface area contributed by atoms with E-state index >= 15 is 0 Å². The number of likely N-dealkylation sites (tertiary alicyclic amines) is 1. The van der Waals surface area contributed by atoms with Crippen LogP contribution in [0.2, 0.25) is 0 Å². The molecule has 3 heterocycles. The zero-order valence-corrected chi connectivity index (χ0v) is 13.0. The molecule has 3 fully saturated rings. The largest absolute Gasteiger partial charge is 0.376 e. The molecule has 1 atom stereocenters. The Hall–Kier alpha value is -1.89. The second-order valence-electron chi connectivity index (χ2n) is 7.05. The van der Waals surface area contributed by atoms with Gasteiger partial charge in [-0.3, -0.25) is 9.59 Å². The molecule has 1 saturated carbocycles. The fourth-order valence-electron chi connectivity index (χ4n) is 3.67. The summed E-state index contributed by atoms with van der Waals surface area (Å²) in [5.74, 6) is 0.540. The molecule has 124 valence electrons. The van der Waals surface area contributed by atoms with Gasteiger partial charge in [-0.05, 0) is 19.3 Å². The lowest BCUT2D eigenvalue weighted by Gasteiger charge is -2.46. The molecule has 1 aliphatic carbocycles. The van der Waals surface area contributed by atoms with Crippen LogP contribution in [0.15, 0.2) is 16.8 Å². The third kappa shape index (κ3) is 2.73. The third-order valence-corrected chi connectivity index (χ3v) is 5.25. The Morgan fingerprint density at radius 2 is 2.22 bits per heavy atom. The van der Waals surface area contributed by atoms with E-state index in [2.05, 4.69) is 10.5 Å². The SMILES string of the molecule is O=C(NC[C@H]1CC2(CO1)CN(C(=O)c1ccno1)C2)C1CCC1. The number of rotatable bonds is 4. The third-order valence-electron chi connectivity index (χ3n) is 5.25. The van der Waals surface area contributed by atoms with Crippen LogP contribution in [0.25, 0.3) is 0 Å². The monoisotopic (exact) mass is 319 g/mol. The lowest BCUT2D eigenvalue weighted by molar-refractivity contribution is -0.127. The van der Waals surface area contributed by atoms with Crippen molar-refractivity contribution in [2.24, 2.45) is 11.3 Å². The lowest BCUT2D eigenvalue weighted by atomic mass is 9.77. The predicted molar refractivity (Wildman–Crippen MR) is 79.5 cm³/mol.